The number of hydrogen-bond acceptors (Lipinski definition) is 3. The molecule has 1 rings (SSSR count). The zero-order valence-electron chi connectivity index (χ0n) is 10.1. The summed E-state index contributed by atoms with van der Waals surface area (Å²) < 4.78 is 0. The van der Waals surface area contributed by atoms with E-state index in [1.165, 1.54) is 11.4 Å². The molecule has 0 amide bonds. The van der Waals surface area contributed by atoms with Gasteiger partial charge in [-0.05, 0) is 26.2 Å². The number of hydrogen-bond donors (Lipinski definition) is 1. The van der Waals surface area contributed by atoms with E-state index in [1.807, 2.05) is 0 Å². The molecule has 1 aromatic rings. The van der Waals surface area contributed by atoms with Crippen molar-refractivity contribution in [2.24, 2.45) is 0 Å². The fourth-order valence-electron chi connectivity index (χ4n) is 1.43. The largest absolute Gasteiger partial charge is 0.382 e. The van der Waals surface area contributed by atoms with Gasteiger partial charge in [-0.2, -0.15) is 0 Å². The van der Waals surface area contributed by atoms with Crippen LogP contribution in [0.25, 0.3) is 0 Å². The second-order valence-electron chi connectivity index (χ2n) is 4.14. The lowest BCUT2D eigenvalue weighted by Gasteiger charge is -2.19. The highest BCUT2D eigenvalue weighted by molar-refractivity contribution is 5.69. The van der Waals surface area contributed by atoms with Crippen molar-refractivity contribution < 1.29 is 0 Å². The van der Waals surface area contributed by atoms with Crippen LogP contribution in [0, 0.1) is 0 Å². The average molecular weight is 207 g/mol. The first kappa shape index (κ1) is 11.9. The van der Waals surface area contributed by atoms with E-state index in [1.54, 1.807) is 0 Å². The van der Waals surface area contributed by atoms with Gasteiger partial charge in [0.05, 0.1) is 11.4 Å². The van der Waals surface area contributed by atoms with Crippen LogP contribution in [0.5, 0.6) is 0 Å². The molecule has 3 heteroatoms. The Kier molecular flexibility index (Phi) is 4.43. The highest BCUT2D eigenvalue weighted by Gasteiger charge is 2.01. The van der Waals surface area contributed by atoms with Crippen molar-refractivity contribution in [3.8, 4) is 0 Å². The molecule has 0 radical (unpaired) electrons. The van der Waals surface area contributed by atoms with Crippen LogP contribution in [0.3, 0.4) is 0 Å². The molecule has 0 saturated carbocycles. The highest BCUT2D eigenvalue weighted by atomic mass is 15.1. The van der Waals surface area contributed by atoms with Gasteiger partial charge in [0.25, 0.3) is 0 Å². The minimum atomic E-state index is 0.970. The highest BCUT2D eigenvalue weighted by Crippen LogP contribution is 2.22. The predicted octanol–water partition coefficient (Wildman–Crippen LogP) is 1.73. The molecule has 0 aromatic heterocycles. The van der Waals surface area contributed by atoms with Crippen molar-refractivity contribution in [2.75, 3.05) is 51.5 Å². The fraction of sp³-hybridized carbons (Fsp3) is 0.500. The summed E-state index contributed by atoms with van der Waals surface area (Å²) in [5.41, 5.74) is 2.43. The molecule has 0 fully saturated rings. The molecule has 0 bridgehead atoms. The molecular formula is C12H21N3. The molecule has 1 aromatic carbocycles. The molecule has 0 aliphatic rings. The molecule has 0 atom stereocenters. The third-order valence-corrected chi connectivity index (χ3v) is 2.26. The first-order chi connectivity index (χ1) is 7.11. The van der Waals surface area contributed by atoms with Crippen molar-refractivity contribution in [3.63, 3.8) is 0 Å². The van der Waals surface area contributed by atoms with Crippen LogP contribution in [0.15, 0.2) is 24.3 Å². The smallest absolute Gasteiger partial charge is 0.0596 e. The molecule has 0 aliphatic heterocycles. The molecule has 15 heavy (non-hydrogen) atoms. The summed E-state index contributed by atoms with van der Waals surface area (Å²) in [6.07, 6.45) is 0. The van der Waals surface area contributed by atoms with E-state index in [0.29, 0.717) is 0 Å². The first-order valence-electron chi connectivity index (χ1n) is 5.26. The van der Waals surface area contributed by atoms with Gasteiger partial charge < -0.3 is 15.1 Å². The van der Waals surface area contributed by atoms with Crippen LogP contribution >= 0.6 is 0 Å². The summed E-state index contributed by atoms with van der Waals surface area (Å²) in [4.78, 5) is 4.29. The Morgan fingerprint density at radius 3 is 2.33 bits per heavy atom. The maximum Gasteiger partial charge on any atom is 0.0596 e. The van der Waals surface area contributed by atoms with E-state index in [-0.39, 0.29) is 0 Å². The van der Waals surface area contributed by atoms with Crippen LogP contribution in [0.4, 0.5) is 11.4 Å². The predicted molar refractivity (Wildman–Crippen MR) is 67.8 cm³/mol. The molecule has 0 saturated heterocycles. The van der Waals surface area contributed by atoms with Gasteiger partial charge in [0.2, 0.25) is 0 Å². The standard InChI is InChI=1S/C12H21N3/c1-14(2)10-9-13-11-7-5-6-8-12(11)15(3)4/h5-8,13H,9-10H2,1-4H3. The Bertz CT molecular complexity index is 295. The molecule has 0 unspecified atom stereocenters. The Morgan fingerprint density at radius 1 is 1.07 bits per heavy atom. The summed E-state index contributed by atoms with van der Waals surface area (Å²) in [6.45, 7) is 2.01. The Hall–Kier alpha value is -1.22. The minimum absolute atomic E-state index is 0.970. The summed E-state index contributed by atoms with van der Waals surface area (Å²) in [6, 6.07) is 8.36. The Morgan fingerprint density at radius 2 is 1.73 bits per heavy atom. The topological polar surface area (TPSA) is 18.5 Å². The van der Waals surface area contributed by atoms with Gasteiger partial charge in [-0.1, -0.05) is 12.1 Å². The van der Waals surface area contributed by atoms with Crippen molar-refractivity contribution in [1.29, 1.82) is 0 Å². The summed E-state index contributed by atoms with van der Waals surface area (Å²) in [5.74, 6) is 0. The third-order valence-electron chi connectivity index (χ3n) is 2.26. The van der Waals surface area contributed by atoms with E-state index >= 15 is 0 Å². The second kappa shape index (κ2) is 5.61. The fourth-order valence-corrected chi connectivity index (χ4v) is 1.43. The van der Waals surface area contributed by atoms with Gasteiger partial charge in [-0.25, -0.2) is 0 Å². The van der Waals surface area contributed by atoms with Gasteiger partial charge in [0.15, 0.2) is 0 Å². The summed E-state index contributed by atoms with van der Waals surface area (Å²) >= 11 is 0. The number of para-hydroxylation sites is 2. The van der Waals surface area contributed by atoms with Gasteiger partial charge in [-0.3, -0.25) is 0 Å². The maximum absolute atomic E-state index is 3.44. The molecule has 1 N–H and O–H groups in total. The Labute approximate surface area is 92.7 Å². The van der Waals surface area contributed by atoms with Crippen LogP contribution in [0.1, 0.15) is 0 Å². The number of nitrogens with one attached hydrogen (secondary N) is 1. The minimum Gasteiger partial charge on any atom is -0.382 e. The lowest BCUT2D eigenvalue weighted by atomic mass is 10.2. The molecule has 0 heterocycles. The monoisotopic (exact) mass is 207 g/mol. The molecule has 3 nitrogen and oxygen atoms in total. The normalized spacial score (nSPS) is 10.5. The molecule has 0 aliphatic carbocycles. The molecule has 0 spiro atoms. The summed E-state index contributed by atoms with van der Waals surface area (Å²) in [7, 11) is 8.29. The zero-order valence-corrected chi connectivity index (χ0v) is 10.1. The molecule has 84 valence electrons. The van der Waals surface area contributed by atoms with Crippen LogP contribution in [0.2, 0.25) is 0 Å². The quantitative estimate of drug-likeness (QED) is 0.793. The van der Waals surface area contributed by atoms with Crippen LogP contribution < -0.4 is 10.2 Å². The summed E-state index contributed by atoms with van der Waals surface area (Å²) in [5, 5.41) is 3.44. The SMILES string of the molecule is CN(C)CCNc1ccccc1N(C)C. The third kappa shape index (κ3) is 3.80. The maximum atomic E-state index is 3.44. The van der Waals surface area contributed by atoms with Crippen LogP contribution in [-0.4, -0.2) is 46.2 Å². The lowest BCUT2D eigenvalue weighted by Crippen LogP contribution is -2.21. The number of benzene rings is 1. The van der Waals surface area contributed by atoms with Crippen molar-refractivity contribution in [1.82, 2.24) is 4.90 Å². The van der Waals surface area contributed by atoms with E-state index in [2.05, 4.69) is 67.6 Å². The Balaban J connectivity index is 2.59. The lowest BCUT2D eigenvalue weighted by molar-refractivity contribution is 0.425. The van der Waals surface area contributed by atoms with E-state index in [0.717, 1.165) is 13.1 Å². The number of nitrogens with zero attached hydrogens (tertiary/aromatic N) is 2. The second-order valence-corrected chi connectivity index (χ2v) is 4.14. The van der Waals surface area contributed by atoms with Gasteiger partial charge >= 0.3 is 0 Å². The van der Waals surface area contributed by atoms with Gasteiger partial charge in [-0.15, -0.1) is 0 Å². The van der Waals surface area contributed by atoms with E-state index < -0.39 is 0 Å². The zero-order chi connectivity index (χ0) is 11.3. The van der Waals surface area contributed by atoms with E-state index in [4.69, 9.17) is 0 Å². The number of rotatable bonds is 5. The van der Waals surface area contributed by atoms with Gasteiger partial charge in [0, 0.05) is 27.2 Å². The van der Waals surface area contributed by atoms with Gasteiger partial charge in [0.1, 0.15) is 0 Å². The van der Waals surface area contributed by atoms with Crippen LogP contribution in [-0.2, 0) is 0 Å². The van der Waals surface area contributed by atoms with Crippen molar-refractivity contribution >= 4 is 11.4 Å². The van der Waals surface area contributed by atoms with E-state index in [9.17, 15) is 0 Å². The number of anilines is 2. The number of likely N-dealkylation sites (N-methyl/N-ethyl adjacent to an activating group) is 1. The molecular weight excluding hydrogens is 186 g/mol. The van der Waals surface area contributed by atoms with Crippen molar-refractivity contribution in [3.05, 3.63) is 24.3 Å². The van der Waals surface area contributed by atoms with Crippen molar-refractivity contribution in [2.45, 2.75) is 0 Å². The first-order valence-corrected chi connectivity index (χ1v) is 5.26. The average Bonchev–Trinajstić information content (AvgIpc) is 2.17.